The summed E-state index contributed by atoms with van der Waals surface area (Å²) < 4.78 is 0. The minimum atomic E-state index is 0.850. The number of nitrogens with two attached hydrogens (primary N) is 1. The van der Waals surface area contributed by atoms with Crippen molar-refractivity contribution >= 4 is 0 Å². The van der Waals surface area contributed by atoms with E-state index in [1.165, 1.54) is 12.3 Å². The van der Waals surface area contributed by atoms with E-state index in [9.17, 15) is 0 Å². The molecule has 0 atom stereocenters. The molecule has 7 heavy (non-hydrogen) atoms. The number of allylic oxidation sites excluding steroid dienone is 2. The quantitative estimate of drug-likeness (QED) is 0.379. The van der Waals surface area contributed by atoms with Gasteiger partial charge in [0.2, 0.25) is 0 Å². The molecule has 0 aromatic rings. The number of hydrogen-bond donors (Lipinski definition) is 2. The number of aliphatic hydroxyl groups excluding tert-OH is 1. The van der Waals surface area contributed by atoms with Gasteiger partial charge in [-0.25, -0.2) is 0 Å². The molecule has 0 unspecified atom stereocenters. The highest BCUT2D eigenvalue weighted by Crippen LogP contribution is 1.87. The Morgan fingerprint density at radius 1 is 1.71 bits per heavy atom. The zero-order chi connectivity index (χ0) is 5.70. The van der Waals surface area contributed by atoms with Gasteiger partial charge in [-0.3, -0.25) is 0 Å². The predicted octanol–water partition coefficient (Wildman–Crippen LogP) is 0.921. The number of hydrogen-bond acceptors (Lipinski definition) is 2. The van der Waals surface area contributed by atoms with Crippen LogP contribution in [0.1, 0.15) is 6.92 Å². The van der Waals surface area contributed by atoms with Crippen LogP contribution in [-0.4, -0.2) is 5.11 Å². The van der Waals surface area contributed by atoms with Crippen LogP contribution in [0.2, 0.25) is 0 Å². The van der Waals surface area contributed by atoms with Gasteiger partial charge in [0.05, 0.1) is 6.26 Å². The van der Waals surface area contributed by atoms with E-state index >= 15 is 0 Å². The van der Waals surface area contributed by atoms with Crippen LogP contribution in [0.4, 0.5) is 0 Å². The van der Waals surface area contributed by atoms with Gasteiger partial charge in [0, 0.05) is 0 Å². The largest absolute Gasteiger partial charge is 0.516 e. The summed E-state index contributed by atoms with van der Waals surface area (Å²) in [5.41, 5.74) is 5.88. The molecule has 0 heterocycles. The van der Waals surface area contributed by atoms with E-state index in [0.29, 0.717) is 0 Å². The third kappa shape index (κ3) is 2.89. The second-order valence-electron chi connectivity index (χ2n) is 1.23. The van der Waals surface area contributed by atoms with E-state index in [4.69, 9.17) is 10.8 Å². The Labute approximate surface area is 43.0 Å². The van der Waals surface area contributed by atoms with E-state index in [2.05, 4.69) is 0 Å². The molecule has 0 aromatic carbocycles. The lowest BCUT2D eigenvalue weighted by Gasteiger charge is -1.81. The smallest absolute Gasteiger partial charge is 0.0794 e. The normalized spacial score (nSPS) is 13.0. The molecule has 0 aromatic heterocycles. The van der Waals surface area contributed by atoms with Crippen molar-refractivity contribution in [2.24, 2.45) is 5.73 Å². The second-order valence-corrected chi connectivity index (χ2v) is 1.23. The molecular formula is C5H9NO. The summed E-state index contributed by atoms with van der Waals surface area (Å²) in [4.78, 5) is 0. The van der Waals surface area contributed by atoms with Crippen LogP contribution in [0, 0.1) is 0 Å². The lowest BCUT2D eigenvalue weighted by Crippen LogP contribution is -1.79. The fourth-order valence-electron chi connectivity index (χ4n) is 0.173. The zero-order valence-corrected chi connectivity index (χ0v) is 4.26. The van der Waals surface area contributed by atoms with Gasteiger partial charge in [0.15, 0.2) is 0 Å². The first kappa shape index (κ1) is 6.08. The van der Waals surface area contributed by atoms with E-state index in [1.807, 2.05) is 0 Å². The SMILES string of the molecule is CC(/C=C\O)=C/N. The lowest BCUT2D eigenvalue weighted by atomic mass is 10.3. The minimum Gasteiger partial charge on any atom is -0.516 e. The summed E-state index contributed by atoms with van der Waals surface area (Å²) in [6.45, 7) is 1.80. The van der Waals surface area contributed by atoms with Crippen LogP contribution in [0.15, 0.2) is 24.1 Å². The maximum Gasteiger partial charge on any atom is 0.0794 e. The molecule has 40 valence electrons. The molecule has 0 aliphatic heterocycles. The average molecular weight is 99.1 g/mol. The fraction of sp³-hybridized carbons (Fsp3) is 0.200. The first-order chi connectivity index (χ1) is 3.31. The van der Waals surface area contributed by atoms with Gasteiger partial charge >= 0.3 is 0 Å². The maximum atomic E-state index is 8.09. The molecule has 0 spiro atoms. The Morgan fingerprint density at radius 2 is 2.29 bits per heavy atom. The Balaban J connectivity index is 3.58. The molecule has 0 aliphatic carbocycles. The van der Waals surface area contributed by atoms with Gasteiger partial charge in [-0.1, -0.05) is 0 Å². The zero-order valence-electron chi connectivity index (χ0n) is 4.26. The predicted molar refractivity (Wildman–Crippen MR) is 29.7 cm³/mol. The van der Waals surface area contributed by atoms with Crippen molar-refractivity contribution in [3.8, 4) is 0 Å². The van der Waals surface area contributed by atoms with Crippen molar-refractivity contribution in [3.05, 3.63) is 24.1 Å². The third-order valence-electron chi connectivity index (χ3n) is 0.600. The van der Waals surface area contributed by atoms with Crippen molar-refractivity contribution in [2.75, 3.05) is 0 Å². The molecule has 0 saturated carbocycles. The van der Waals surface area contributed by atoms with Crippen LogP contribution >= 0.6 is 0 Å². The maximum absolute atomic E-state index is 8.09. The standard InChI is InChI=1S/C5H9NO/c1-5(4-6)2-3-7/h2-4,7H,6H2,1H3/b3-2-,5-4-. The highest BCUT2D eigenvalue weighted by Gasteiger charge is 1.71. The Bertz CT molecular complexity index is 94.3. The van der Waals surface area contributed by atoms with Crippen LogP contribution in [0.25, 0.3) is 0 Å². The first-order valence-electron chi connectivity index (χ1n) is 2.00. The molecule has 0 radical (unpaired) electrons. The molecule has 0 aliphatic rings. The molecule has 0 amide bonds. The van der Waals surface area contributed by atoms with Gasteiger partial charge in [0.25, 0.3) is 0 Å². The molecule has 0 saturated heterocycles. The van der Waals surface area contributed by atoms with Crippen molar-refractivity contribution in [3.63, 3.8) is 0 Å². The second kappa shape index (κ2) is 3.28. The van der Waals surface area contributed by atoms with E-state index < -0.39 is 0 Å². The molecule has 2 nitrogen and oxygen atoms in total. The van der Waals surface area contributed by atoms with Crippen molar-refractivity contribution in [1.82, 2.24) is 0 Å². The number of aliphatic hydroxyl groups is 1. The van der Waals surface area contributed by atoms with Gasteiger partial charge in [-0.15, -0.1) is 0 Å². The summed E-state index contributed by atoms with van der Waals surface area (Å²) in [6, 6.07) is 0. The van der Waals surface area contributed by atoms with Crippen LogP contribution in [-0.2, 0) is 0 Å². The number of rotatable bonds is 1. The summed E-state index contributed by atoms with van der Waals surface area (Å²) in [5, 5.41) is 8.09. The van der Waals surface area contributed by atoms with E-state index in [1.54, 1.807) is 6.92 Å². The van der Waals surface area contributed by atoms with Crippen LogP contribution < -0.4 is 5.73 Å². The summed E-state index contributed by atoms with van der Waals surface area (Å²) in [6.07, 6.45) is 3.89. The highest BCUT2D eigenvalue weighted by atomic mass is 16.2. The highest BCUT2D eigenvalue weighted by molar-refractivity contribution is 5.11. The Morgan fingerprint density at radius 3 is 2.43 bits per heavy atom. The molecule has 0 rings (SSSR count). The van der Waals surface area contributed by atoms with E-state index in [-0.39, 0.29) is 0 Å². The Kier molecular flexibility index (Phi) is 2.85. The van der Waals surface area contributed by atoms with E-state index in [0.717, 1.165) is 11.8 Å². The average Bonchev–Trinajstić information content (AvgIpc) is 1.68. The molecule has 0 bridgehead atoms. The molecule has 2 heteroatoms. The van der Waals surface area contributed by atoms with Gasteiger partial charge in [-0.05, 0) is 24.8 Å². The summed E-state index contributed by atoms with van der Waals surface area (Å²) >= 11 is 0. The topological polar surface area (TPSA) is 46.2 Å². The van der Waals surface area contributed by atoms with Crippen LogP contribution in [0.5, 0.6) is 0 Å². The molecular weight excluding hydrogens is 90.1 g/mol. The summed E-state index contributed by atoms with van der Waals surface area (Å²) in [5.74, 6) is 0. The lowest BCUT2D eigenvalue weighted by molar-refractivity contribution is 0.473. The first-order valence-corrected chi connectivity index (χ1v) is 2.00. The molecule has 3 N–H and O–H groups in total. The third-order valence-corrected chi connectivity index (χ3v) is 0.600. The fourth-order valence-corrected chi connectivity index (χ4v) is 0.173. The van der Waals surface area contributed by atoms with Crippen molar-refractivity contribution < 1.29 is 5.11 Å². The monoisotopic (exact) mass is 99.1 g/mol. The minimum absolute atomic E-state index is 0.850. The Hall–Kier alpha value is -0.920. The van der Waals surface area contributed by atoms with Gasteiger partial charge < -0.3 is 10.8 Å². The van der Waals surface area contributed by atoms with Crippen molar-refractivity contribution in [2.45, 2.75) is 6.92 Å². The van der Waals surface area contributed by atoms with Crippen LogP contribution in [0.3, 0.4) is 0 Å². The van der Waals surface area contributed by atoms with Gasteiger partial charge in [0.1, 0.15) is 0 Å². The van der Waals surface area contributed by atoms with Gasteiger partial charge in [-0.2, -0.15) is 0 Å². The molecule has 0 fully saturated rings. The van der Waals surface area contributed by atoms with Crippen molar-refractivity contribution in [1.29, 1.82) is 0 Å². The summed E-state index contributed by atoms with van der Waals surface area (Å²) in [7, 11) is 0.